The summed E-state index contributed by atoms with van der Waals surface area (Å²) in [5.41, 5.74) is 1.30. The number of amides is 1. The van der Waals surface area contributed by atoms with Crippen LogP contribution in [0.3, 0.4) is 0 Å². The second kappa shape index (κ2) is 6.12. The average Bonchev–Trinajstić information content (AvgIpc) is 3.25. The van der Waals surface area contributed by atoms with E-state index in [1.54, 1.807) is 0 Å². The first kappa shape index (κ1) is 15.1. The van der Waals surface area contributed by atoms with Crippen LogP contribution in [0.4, 0.5) is 0 Å². The Labute approximate surface area is 129 Å². The fraction of sp³-hybridized carbons (Fsp3) is 0.833. The Morgan fingerprint density at radius 3 is 2.33 bits per heavy atom. The molecule has 1 amide bonds. The van der Waals surface area contributed by atoms with E-state index in [1.165, 1.54) is 37.7 Å². The first-order chi connectivity index (χ1) is 10.1. The molecule has 3 heteroatoms. The number of carbonyl (C=O) groups is 1. The molecule has 3 unspecified atom stereocenters. The molecule has 2 saturated heterocycles. The number of likely N-dealkylation sites (tertiary alicyclic amines) is 2. The summed E-state index contributed by atoms with van der Waals surface area (Å²) in [6, 6.07) is 1.94. The van der Waals surface area contributed by atoms with Crippen LogP contribution in [0, 0.1) is 5.92 Å². The molecule has 0 bridgehead atoms. The summed E-state index contributed by atoms with van der Waals surface area (Å²) in [5.74, 6) is 0.955. The molecule has 3 aliphatic rings. The number of hydrogen-bond acceptors (Lipinski definition) is 2. The van der Waals surface area contributed by atoms with Crippen molar-refractivity contribution in [2.45, 2.75) is 77.4 Å². The van der Waals surface area contributed by atoms with Crippen molar-refractivity contribution in [2.75, 3.05) is 13.1 Å². The van der Waals surface area contributed by atoms with Gasteiger partial charge in [-0.05, 0) is 65.2 Å². The highest BCUT2D eigenvalue weighted by molar-refractivity contribution is 5.88. The van der Waals surface area contributed by atoms with E-state index in [0.29, 0.717) is 24.0 Å². The number of piperidine rings is 1. The minimum atomic E-state index is 0.253. The SMILES string of the molecule is C/C(=C/C(=O)N1CCCC(N2C(C)CCC2C)C1)C1CC1. The van der Waals surface area contributed by atoms with E-state index in [2.05, 4.69) is 30.6 Å². The summed E-state index contributed by atoms with van der Waals surface area (Å²) in [5, 5.41) is 0. The highest BCUT2D eigenvalue weighted by Gasteiger charge is 2.36. The first-order valence-electron chi connectivity index (χ1n) is 8.80. The Hall–Kier alpha value is -0.830. The van der Waals surface area contributed by atoms with E-state index < -0.39 is 0 Å². The summed E-state index contributed by atoms with van der Waals surface area (Å²) < 4.78 is 0. The molecule has 0 spiro atoms. The van der Waals surface area contributed by atoms with E-state index in [-0.39, 0.29) is 5.91 Å². The maximum Gasteiger partial charge on any atom is 0.246 e. The number of carbonyl (C=O) groups excluding carboxylic acids is 1. The molecule has 2 heterocycles. The molecule has 2 aliphatic heterocycles. The molecule has 118 valence electrons. The van der Waals surface area contributed by atoms with Crippen LogP contribution in [0.5, 0.6) is 0 Å². The van der Waals surface area contributed by atoms with Gasteiger partial charge in [-0.15, -0.1) is 0 Å². The second-order valence-electron chi connectivity index (χ2n) is 7.47. The molecule has 1 saturated carbocycles. The van der Waals surface area contributed by atoms with E-state index in [9.17, 15) is 4.79 Å². The van der Waals surface area contributed by atoms with Gasteiger partial charge in [-0.3, -0.25) is 9.69 Å². The van der Waals surface area contributed by atoms with E-state index in [1.807, 2.05) is 6.08 Å². The molecular weight excluding hydrogens is 260 g/mol. The van der Waals surface area contributed by atoms with Crippen LogP contribution < -0.4 is 0 Å². The molecule has 0 aromatic heterocycles. The number of hydrogen-bond donors (Lipinski definition) is 0. The third-order valence-electron chi connectivity index (χ3n) is 5.72. The highest BCUT2D eigenvalue weighted by atomic mass is 16.2. The Bertz CT molecular complexity index is 417. The van der Waals surface area contributed by atoms with Gasteiger partial charge in [-0.25, -0.2) is 0 Å². The predicted octanol–water partition coefficient (Wildman–Crippen LogP) is 3.21. The van der Waals surface area contributed by atoms with Gasteiger partial charge in [0.25, 0.3) is 0 Å². The van der Waals surface area contributed by atoms with Gasteiger partial charge in [0.15, 0.2) is 0 Å². The Morgan fingerprint density at radius 2 is 1.71 bits per heavy atom. The Morgan fingerprint density at radius 1 is 1.05 bits per heavy atom. The molecule has 1 aliphatic carbocycles. The molecule has 0 N–H and O–H groups in total. The molecule has 0 radical (unpaired) electrons. The van der Waals surface area contributed by atoms with Gasteiger partial charge in [0.05, 0.1) is 0 Å². The largest absolute Gasteiger partial charge is 0.338 e. The van der Waals surface area contributed by atoms with Gasteiger partial charge in [-0.2, -0.15) is 0 Å². The first-order valence-corrected chi connectivity index (χ1v) is 8.80. The van der Waals surface area contributed by atoms with Gasteiger partial charge in [0.2, 0.25) is 5.91 Å². The number of nitrogens with zero attached hydrogens (tertiary/aromatic N) is 2. The van der Waals surface area contributed by atoms with Gasteiger partial charge >= 0.3 is 0 Å². The van der Waals surface area contributed by atoms with Crippen molar-refractivity contribution in [3.05, 3.63) is 11.6 Å². The van der Waals surface area contributed by atoms with E-state index in [4.69, 9.17) is 0 Å². The smallest absolute Gasteiger partial charge is 0.246 e. The minimum Gasteiger partial charge on any atom is -0.338 e. The molecule has 3 fully saturated rings. The van der Waals surface area contributed by atoms with Crippen LogP contribution in [0.25, 0.3) is 0 Å². The van der Waals surface area contributed by atoms with E-state index in [0.717, 1.165) is 19.5 Å². The topological polar surface area (TPSA) is 23.6 Å². The average molecular weight is 290 g/mol. The predicted molar refractivity (Wildman–Crippen MR) is 86.1 cm³/mol. The summed E-state index contributed by atoms with van der Waals surface area (Å²) in [4.78, 5) is 17.3. The lowest BCUT2D eigenvalue weighted by atomic mass is 10.0. The van der Waals surface area contributed by atoms with Crippen molar-refractivity contribution in [3.63, 3.8) is 0 Å². The summed E-state index contributed by atoms with van der Waals surface area (Å²) in [7, 11) is 0. The Balaban J connectivity index is 1.62. The molecular formula is C18H30N2O. The van der Waals surface area contributed by atoms with Crippen LogP contribution in [0.1, 0.15) is 59.3 Å². The quantitative estimate of drug-likeness (QED) is 0.745. The summed E-state index contributed by atoms with van der Waals surface area (Å²) in [6.07, 6.45) is 9.50. The van der Waals surface area contributed by atoms with Crippen molar-refractivity contribution in [1.29, 1.82) is 0 Å². The van der Waals surface area contributed by atoms with Crippen LogP contribution in [-0.2, 0) is 4.79 Å². The molecule has 3 atom stereocenters. The van der Waals surface area contributed by atoms with Crippen LogP contribution in [0.15, 0.2) is 11.6 Å². The molecule has 21 heavy (non-hydrogen) atoms. The second-order valence-corrected chi connectivity index (χ2v) is 7.47. The number of allylic oxidation sites excluding steroid dienone is 1. The van der Waals surface area contributed by atoms with Crippen molar-refractivity contribution in [3.8, 4) is 0 Å². The van der Waals surface area contributed by atoms with Crippen molar-refractivity contribution < 1.29 is 4.79 Å². The lowest BCUT2D eigenvalue weighted by Gasteiger charge is -2.41. The number of rotatable bonds is 3. The van der Waals surface area contributed by atoms with Gasteiger partial charge in [0, 0.05) is 37.3 Å². The normalized spacial score (nSPS) is 35.3. The highest BCUT2D eigenvalue weighted by Crippen LogP contribution is 2.36. The zero-order valence-electron chi connectivity index (χ0n) is 13.8. The molecule has 3 nitrogen and oxygen atoms in total. The zero-order chi connectivity index (χ0) is 15.0. The van der Waals surface area contributed by atoms with Crippen LogP contribution in [-0.4, -0.2) is 46.9 Å². The molecule has 3 rings (SSSR count). The van der Waals surface area contributed by atoms with Crippen molar-refractivity contribution in [1.82, 2.24) is 9.80 Å². The van der Waals surface area contributed by atoms with Gasteiger partial charge in [-0.1, -0.05) is 5.57 Å². The molecule has 0 aromatic carbocycles. The third-order valence-corrected chi connectivity index (χ3v) is 5.72. The third kappa shape index (κ3) is 3.33. The van der Waals surface area contributed by atoms with Gasteiger partial charge in [0.1, 0.15) is 0 Å². The minimum absolute atomic E-state index is 0.253. The molecule has 0 aromatic rings. The maximum absolute atomic E-state index is 12.5. The lowest BCUT2D eigenvalue weighted by Crippen LogP contribution is -2.52. The van der Waals surface area contributed by atoms with Gasteiger partial charge < -0.3 is 4.90 Å². The fourth-order valence-electron chi connectivity index (χ4n) is 4.28. The Kier molecular flexibility index (Phi) is 4.39. The summed E-state index contributed by atoms with van der Waals surface area (Å²) in [6.45, 7) is 8.70. The fourth-order valence-corrected chi connectivity index (χ4v) is 4.28. The van der Waals surface area contributed by atoms with Crippen molar-refractivity contribution >= 4 is 5.91 Å². The van der Waals surface area contributed by atoms with Crippen molar-refractivity contribution in [2.24, 2.45) is 5.92 Å². The van der Waals surface area contributed by atoms with Crippen LogP contribution >= 0.6 is 0 Å². The summed E-state index contributed by atoms with van der Waals surface area (Å²) >= 11 is 0. The zero-order valence-corrected chi connectivity index (χ0v) is 13.8. The van der Waals surface area contributed by atoms with Crippen LogP contribution in [0.2, 0.25) is 0 Å². The van der Waals surface area contributed by atoms with E-state index >= 15 is 0 Å². The lowest BCUT2D eigenvalue weighted by molar-refractivity contribution is -0.128. The monoisotopic (exact) mass is 290 g/mol. The maximum atomic E-state index is 12.5. The standard InChI is InChI=1S/C18H30N2O/c1-13(16-8-9-16)11-18(21)19-10-4-5-17(12-19)20-14(2)6-7-15(20)3/h11,14-17H,4-10,12H2,1-3H3/b13-11-.